The van der Waals surface area contributed by atoms with Crippen molar-refractivity contribution < 1.29 is 26.4 Å². The summed E-state index contributed by atoms with van der Waals surface area (Å²) in [4.78, 5) is 13.0. The van der Waals surface area contributed by atoms with E-state index in [0.29, 0.717) is 34.9 Å². The van der Waals surface area contributed by atoms with Gasteiger partial charge in [-0.2, -0.15) is 13.2 Å². The molecule has 0 saturated heterocycles. The van der Waals surface area contributed by atoms with Gasteiger partial charge < -0.3 is 0 Å². The minimum absolute atomic E-state index is 0.0157. The lowest BCUT2D eigenvalue weighted by Gasteiger charge is -2.27. The summed E-state index contributed by atoms with van der Waals surface area (Å²) in [5.74, 6) is -0.594. The first-order valence-corrected chi connectivity index (χ1v) is 12.8. The average molecular weight is 493 g/mol. The van der Waals surface area contributed by atoms with Crippen LogP contribution >= 0.6 is 0 Å². The topological polar surface area (TPSA) is 68.2 Å². The van der Waals surface area contributed by atoms with Crippen LogP contribution in [-0.2, 0) is 16.2 Å². The summed E-state index contributed by atoms with van der Waals surface area (Å²) in [7, 11) is -3.51. The molecule has 1 heterocycles. The highest BCUT2D eigenvalue weighted by atomic mass is 32.2. The predicted octanol–water partition coefficient (Wildman–Crippen LogP) is 6.16. The molecule has 1 aliphatic rings. The monoisotopic (exact) mass is 492 g/mol. The quantitative estimate of drug-likeness (QED) is 0.448. The Morgan fingerprint density at radius 2 is 1.76 bits per heavy atom. The third-order valence-corrected chi connectivity index (χ3v) is 8.44. The van der Waals surface area contributed by atoms with Gasteiger partial charge in [-0.05, 0) is 48.6 Å². The number of benzene rings is 2. The van der Waals surface area contributed by atoms with E-state index in [-0.39, 0.29) is 17.4 Å². The molecule has 0 aliphatic heterocycles. The van der Waals surface area contributed by atoms with Crippen molar-refractivity contribution in [2.75, 3.05) is 0 Å². The number of alkyl halides is 3. The van der Waals surface area contributed by atoms with Crippen molar-refractivity contribution in [2.24, 2.45) is 5.92 Å². The summed E-state index contributed by atoms with van der Waals surface area (Å²) < 4.78 is 70.3. The molecule has 34 heavy (non-hydrogen) atoms. The van der Waals surface area contributed by atoms with Crippen LogP contribution < -0.4 is 4.72 Å². The second-order valence-corrected chi connectivity index (χ2v) is 11.2. The molecule has 9 heteroatoms. The maximum Gasteiger partial charge on any atom is 0.417 e. The molecule has 5 nitrogen and oxygen atoms in total. The summed E-state index contributed by atoms with van der Waals surface area (Å²) in [5, 5.41) is 0.206. The van der Waals surface area contributed by atoms with E-state index >= 15 is 0 Å². The molecular formula is C25H27F3N2O3S. The molecule has 2 aromatic carbocycles. The van der Waals surface area contributed by atoms with E-state index < -0.39 is 33.1 Å². The molecule has 182 valence electrons. The van der Waals surface area contributed by atoms with Gasteiger partial charge in [0.1, 0.15) is 0 Å². The van der Waals surface area contributed by atoms with E-state index in [4.69, 9.17) is 0 Å². The van der Waals surface area contributed by atoms with Crippen LogP contribution in [0.1, 0.15) is 62.0 Å². The van der Waals surface area contributed by atoms with Crippen molar-refractivity contribution in [3.63, 3.8) is 0 Å². The van der Waals surface area contributed by atoms with Gasteiger partial charge in [0, 0.05) is 23.5 Å². The maximum atomic E-state index is 13.6. The fourth-order valence-electron chi connectivity index (χ4n) is 4.30. The summed E-state index contributed by atoms with van der Waals surface area (Å²) in [6.07, 6.45) is -0.805. The smallest absolute Gasteiger partial charge is 0.287 e. The maximum absolute atomic E-state index is 13.6. The number of hydrogen-bond donors (Lipinski definition) is 1. The lowest BCUT2D eigenvalue weighted by Crippen LogP contribution is -2.39. The van der Waals surface area contributed by atoms with Crippen LogP contribution in [-0.4, -0.2) is 24.1 Å². The first-order valence-electron chi connectivity index (χ1n) is 11.3. The van der Waals surface area contributed by atoms with E-state index in [1.807, 2.05) is 0 Å². The molecule has 0 spiro atoms. The molecule has 1 fully saturated rings. The normalized spacial score (nSPS) is 16.1. The second-order valence-electron chi connectivity index (χ2n) is 9.16. The highest BCUT2D eigenvalue weighted by molar-refractivity contribution is 7.90. The van der Waals surface area contributed by atoms with Crippen molar-refractivity contribution in [1.29, 1.82) is 0 Å². The number of carbonyl (C=O) groups is 1. The molecule has 1 atom stereocenters. The number of halogens is 3. The van der Waals surface area contributed by atoms with Gasteiger partial charge >= 0.3 is 6.18 Å². The number of aromatic nitrogens is 1. The van der Waals surface area contributed by atoms with Crippen LogP contribution in [0.4, 0.5) is 13.2 Å². The Hall–Kier alpha value is -2.65. The lowest BCUT2D eigenvalue weighted by atomic mass is 9.97. The van der Waals surface area contributed by atoms with Gasteiger partial charge in [-0.3, -0.25) is 9.36 Å². The zero-order valence-electron chi connectivity index (χ0n) is 19.2. The number of sulfonamides is 1. The third kappa shape index (κ3) is 4.51. The van der Waals surface area contributed by atoms with Crippen molar-refractivity contribution in [3.05, 3.63) is 59.8 Å². The van der Waals surface area contributed by atoms with Gasteiger partial charge in [0.25, 0.3) is 0 Å². The van der Waals surface area contributed by atoms with Crippen LogP contribution in [0.15, 0.2) is 48.7 Å². The van der Waals surface area contributed by atoms with Gasteiger partial charge in [0.05, 0.1) is 16.3 Å². The van der Waals surface area contributed by atoms with E-state index in [0.717, 1.165) is 12.5 Å². The van der Waals surface area contributed by atoms with Gasteiger partial charge in [-0.15, -0.1) is 0 Å². The molecule has 1 aromatic heterocycles. The highest BCUT2D eigenvalue weighted by Gasteiger charge is 2.34. The summed E-state index contributed by atoms with van der Waals surface area (Å²) in [6.45, 7) is 5.18. The van der Waals surface area contributed by atoms with Crippen LogP contribution in [0.5, 0.6) is 0 Å². The summed E-state index contributed by atoms with van der Waals surface area (Å²) >= 11 is 0. The van der Waals surface area contributed by atoms with E-state index in [2.05, 4.69) is 4.72 Å². The fraction of sp³-hybridized carbons (Fsp3) is 0.400. The molecule has 1 N–H and O–H groups in total. The molecule has 3 aromatic rings. The molecular weight excluding hydrogens is 465 g/mol. The molecule has 4 rings (SSSR count). The Morgan fingerprint density at radius 1 is 1.09 bits per heavy atom. The minimum Gasteiger partial charge on any atom is -0.287 e. The van der Waals surface area contributed by atoms with Crippen LogP contribution in [0.2, 0.25) is 0 Å². The number of nitrogens with zero attached hydrogens (tertiary/aromatic N) is 1. The fourth-order valence-corrected chi connectivity index (χ4v) is 6.06. The van der Waals surface area contributed by atoms with Crippen molar-refractivity contribution in [1.82, 2.24) is 9.29 Å². The molecule has 0 unspecified atom stereocenters. The molecule has 0 radical (unpaired) electrons. The van der Waals surface area contributed by atoms with Crippen molar-refractivity contribution in [3.8, 4) is 11.1 Å². The van der Waals surface area contributed by atoms with Gasteiger partial charge in [-0.25, -0.2) is 13.1 Å². The zero-order chi connectivity index (χ0) is 24.8. The number of rotatable bonds is 6. The summed E-state index contributed by atoms with van der Waals surface area (Å²) in [6, 6.07) is 9.50. The van der Waals surface area contributed by atoms with Crippen molar-refractivity contribution >= 4 is 26.8 Å². The number of fused-ring (bicyclic) bond motifs is 1. The highest BCUT2D eigenvalue weighted by Crippen LogP contribution is 2.39. The molecule has 1 saturated carbocycles. The predicted molar refractivity (Wildman–Crippen MR) is 126 cm³/mol. The Bertz CT molecular complexity index is 1340. The van der Waals surface area contributed by atoms with Gasteiger partial charge in [-0.1, -0.05) is 50.6 Å². The van der Waals surface area contributed by atoms with E-state index in [9.17, 15) is 26.4 Å². The molecule has 0 bridgehead atoms. The van der Waals surface area contributed by atoms with E-state index in [1.54, 1.807) is 45.2 Å². The number of nitrogens with one attached hydrogen (secondary N) is 1. The first kappa shape index (κ1) is 24.5. The minimum atomic E-state index is -4.53. The number of carbonyl (C=O) groups excluding carboxylic acids is 1. The van der Waals surface area contributed by atoms with Gasteiger partial charge in [0.15, 0.2) is 0 Å². The largest absolute Gasteiger partial charge is 0.417 e. The first-order chi connectivity index (χ1) is 15.9. The average Bonchev–Trinajstić information content (AvgIpc) is 3.09. The third-order valence-electron chi connectivity index (χ3n) is 6.41. The lowest BCUT2D eigenvalue weighted by molar-refractivity contribution is -0.137. The SMILES string of the molecule is CC(C)C(=O)n1cc([C@@H](C)NS(=O)(=O)C2CCC2)c2ccc(-c3ccccc3C(F)(F)F)cc21. The Balaban J connectivity index is 1.84. The van der Waals surface area contributed by atoms with Crippen LogP contribution in [0.25, 0.3) is 22.0 Å². The summed E-state index contributed by atoms with van der Waals surface area (Å²) in [5.41, 5.74) is 0.623. The number of hydrogen-bond acceptors (Lipinski definition) is 3. The molecule has 0 amide bonds. The second kappa shape index (κ2) is 8.85. The van der Waals surface area contributed by atoms with Crippen molar-refractivity contribution in [2.45, 2.75) is 57.5 Å². The Labute approximate surface area is 197 Å². The van der Waals surface area contributed by atoms with E-state index in [1.165, 1.54) is 22.8 Å². The van der Waals surface area contributed by atoms with Gasteiger partial charge in [0.2, 0.25) is 15.9 Å². The Morgan fingerprint density at radius 3 is 2.35 bits per heavy atom. The molecule has 1 aliphatic carbocycles. The van der Waals surface area contributed by atoms with Crippen LogP contribution in [0.3, 0.4) is 0 Å². The zero-order valence-corrected chi connectivity index (χ0v) is 20.0. The standard InChI is InChI=1S/C25H27F3N2O3S/c1-15(2)24(31)30-14-21(16(3)29-34(32,33)18-7-6-8-18)20-12-11-17(13-23(20)30)19-9-4-5-10-22(19)25(26,27)28/h4-5,9-16,18,29H,6-8H2,1-3H3/t16-/m1/s1. The Kier molecular flexibility index (Phi) is 6.37. The van der Waals surface area contributed by atoms with Crippen LogP contribution in [0, 0.1) is 5.92 Å².